The first-order valence-corrected chi connectivity index (χ1v) is 8.71. The monoisotopic (exact) mass is 413 g/mol. The summed E-state index contributed by atoms with van der Waals surface area (Å²) in [6, 6.07) is 17.8. The summed E-state index contributed by atoms with van der Waals surface area (Å²) in [5.41, 5.74) is 8.08. The molecule has 7 heteroatoms. The zero-order valence-corrected chi connectivity index (χ0v) is 17.0. The minimum absolute atomic E-state index is 0. The van der Waals surface area contributed by atoms with Crippen molar-refractivity contribution < 1.29 is 9.53 Å². The zero-order valence-electron chi connectivity index (χ0n) is 15.4. The third-order valence-electron chi connectivity index (χ3n) is 3.81. The molecule has 4 N–H and O–H groups in total. The van der Waals surface area contributed by atoms with Gasteiger partial charge >= 0.3 is 0 Å². The predicted octanol–water partition coefficient (Wildman–Crippen LogP) is 2.71. The van der Waals surface area contributed by atoms with E-state index in [0.29, 0.717) is 18.8 Å². The van der Waals surface area contributed by atoms with Crippen LogP contribution in [0.4, 0.5) is 0 Å². The average Bonchev–Trinajstić information content (AvgIpc) is 2.67. The minimum atomic E-state index is -0.106. The Morgan fingerprint density at radius 2 is 1.56 bits per heavy atom. The maximum Gasteiger partial charge on any atom is 0.257 e. The highest BCUT2D eigenvalue weighted by molar-refractivity contribution is 5.85. The number of carbonyl (C=O) groups excluding carboxylic acids is 1. The number of para-hydroxylation sites is 1. The number of benzene rings is 2. The van der Waals surface area contributed by atoms with Crippen LogP contribution in [0.2, 0.25) is 0 Å². The fourth-order valence-corrected chi connectivity index (χ4v) is 2.39. The molecule has 5 nitrogen and oxygen atoms in total. The van der Waals surface area contributed by atoms with Crippen molar-refractivity contribution in [1.29, 1.82) is 0 Å². The van der Waals surface area contributed by atoms with Gasteiger partial charge in [0, 0.05) is 19.6 Å². The molecule has 0 unspecified atom stereocenters. The summed E-state index contributed by atoms with van der Waals surface area (Å²) in [6.07, 6.45) is 2.10. The van der Waals surface area contributed by atoms with Gasteiger partial charge in [0.1, 0.15) is 5.75 Å². The second-order valence-electron chi connectivity index (χ2n) is 5.83. The van der Waals surface area contributed by atoms with Gasteiger partial charge in [-0.15, -0.1) is 24.8 Å². The van der Waals surface area contributed by atoms with E-state index in [4.69, 9.17) is 10.5 Å². The van der Waals surface area contributed by atoms with Gasteiger partial charge in [-0.1, -0.05) is 42.5 Å². The maximum absolute atomic E-state index is 11.7. The van der Waals surface area contributed by atoms with Gasteiger partial charge in [0.15, 0.2) is 6.61 Å². The molecule has 0 radical (unpaired) electrons. The topological polar surface area (TPSA) is 76.4 Å². The molecule has 0 fully saturated rings. The van der Waals surface area contributed by atoms with E-state index in [1.165, 1.54) is 5.56 Å². The van der Waals surface area contributed by atoms with Crippen molar-refractivity contribution in [2.45, 2.75) is 19.4 Å². The van der Waals surface area contributed by atoms with Crippen LogP contribution in [-0.4, -0.2) is 32.1 Å². The Morgan fingerprint density at radius 3 is 2.22 bits per heavy atom. The number of hydrogen-bond donors (Lipinski definition) is 3. The molecule has 0 saturated carbocycles. The largest absolute Gasteiger partial charge is 0.484 e. The van der Waals surface area contributed by atoms with E-state index in [2.05, 4.69) is 34.9 Å². The Labute approximate surface area is 173 Å². The van der Waals surface area contributed by atoms with Crippen molar-refractivity contribution in [2.24, 2.45) is 5.73 Å². The highest BCUT2D eigenvalue weighted by Crippen LogP contribution is 2.07. The van der Waals surface area contributed by atoms with Gasteiger partial charge in [-0.2, -0.15) is 0 Å². The van der Waals surface area contributed by atoms with Crippen LogP contribution in [-0.2, 0) is 17.8 Å². The van der Waals surface area contributed by atoms with Crippen molar-refractivity contribution in [1.82, 2.24) is 10.6 Å². The van der Waals surface area contributed by atoms with E-state index < -0.39 is 0 Å². The number of rotatable bonds is 11. The van der Waals surface area contributed by atoms with Crippen LogP contribution in [0.25, 0.3) is 0 Å². The number of amides is 1. The lowest BCUT2D eigenvalue weighted by Gasteiger charge is -2.08. The van der Waals surface area contributed by atoms with E-state index in [1.807, 2.05) is 30.3 Å². The molecule has 0 aliphatic rings. The average molecular weight is 414 g/mol. The lowest BCUT2D eigenvalue weighted by Crippen LogP contribution is -2.35. The third-order valence-corrected chi connectivity index (χ3v) is 3.81. The number of aryl methyl sites for hydroxylation is 1. The second-order valence-corrected chi connectivity index (χ2v) is 5.83. The molecule has 150 valence electrons. The number of ether oxygens (including phenoxy) is 1. The van der Waals surface area contributed by atoms with Crippen molar-refractivity contribution in [3.05, 3.63) is 65.7 Å². The first kappa shape index (κ1) is 25.2. The van der Waals surface area contributed by atoms with Crippen LogP contribution >= 0.6 is 24.8 Å². The van der Waals surface area contributed by atoms with Gasteiger partial charge in [0.2, 0.25) is 0 Å². The van der Waals surface area contributed by atoms with Crippen molar-refractivity contribution in [3.63, 3.8) is 0 Å². The Balaban J connectivity index is 0.00000338. The van der Waals surface area contributed by atoms with Gasteiger partial charge in [0.05, 0.1) is 0 Å². The number of nitrogens with one attached hydrogen (secondary N) is 2. The maximum atomic E-state index is 11.7. The summed E-state index contributed by atoms with van der Waals surface area (Å²) in [5, 5.41) is 6.17. The number of halogens is 2. The summed E-state index contributed by atoms with van der Waals surface area (Å²) in [7, 11) is 0. The van der Waals surface area contributed by atoms with Crippen LogP contribution in [0, 0.1) is 0 Å². The Morgan fingerprint density at radius 1 is 0.889 bits per heavy atom. The van der Waals surface area contributed by atoms with Gasteiger partial charge in [-0.3, -0.25) is 4.79 Å². The summed E-state index contributed by atoms with van der Waals surface area (Å²) >= 11 is 0. The van der Waals surface area contributed by atoms with Crippen LogP contribution < -0.4 is 21.1 Å². The van der Waals surface area contributed by atoms with Crippen LogP contribution in [0.3, 0.4) is 0 Å². The number of carbonyl (C=O) groups is 1. The molecule has 0 atom stereocenters. The minimum Gasteiger partial charge on any atom is -0.484 e. The molecule has 2 aromatic rings. The van der Waals surface area contributed by atoms with Gasteiger partial charge < -0.3 is 21.1 Å². The van der Waals surface area contributed by atoms with Gasteiger partial charge in [-0.05, 0) is 42.6 Å². The summed E-state index contributed by atoms with van der Waals surface area (Å²) in [5.74, 6) is 0.598. The lowest BCUT2D eigenvalue weighted by molar-refractivity contribution is -0.123. The molecule has 2 rings (SSSR count). The summed E-state index contributed by atoms with van der Waals surface area (Å²) in [6.45, 7) is 2.91. The number of nitrogens with two attached hydrogens (primary N) is 1. The molecule has 1 amide bonds. The van der Waals surface area contributed by atoms with Crippen LogP contribution in [0.15, 0.2) is 54.6 Å². The summed E-state index contributed by atoms with van der Waals surface area (Å²) in [4.78, 5) is 11.7. The predicted molar refractivity (Wildman–Crippen MR) is 115 cm³/mol. The normalized spacial score (nSPS) is 9.67. The van der Waals surface area contributed by atoms with Crippen molar-refractivity contribution in [3.8, 4) is 5.75 Å². The first-order valence-electron chi connectivity index (χ1n) is 8.71. The molecule has 0 bridgehead atoms. The molecule has 0 aliphatic heterocycles. The first-order chi connectivity index (χ1) is 12.3. The highest BCUT2D eigenvalue weighted by Gasteiger charge is 2.01. The SMILES string of the molecule is Cl.Cl.NCc1ccc(CCCNCCNC(=O)COc2ccccc2)cc1. The van der Waals surface area contributed by atoms with Gasteiger partial charge in [-0.25, -0.2) is 0 Å². The van der Waals surface area contributed by atoms with E-state index >= 15 is 0 Å². The fourth-order valence-electron chi connectivity index (χ4n) is 2.39. The molecule has 0 aliphatic carbocycles. The number of hydrogen-bond acceptors (Lipinski definition) is 4. The molecule has 0 spiro atoms. The van der Waals surface area contributed by atoms with Crippen LogP contribution in [0.5, 0.6) is 5.75 Å². The zero-order chi connectivity index (χ0) is 17.7. The molecule has 0 heterocycles. The van der Waals surface area contributed by atoms with E-state index in [9.17, 15) is 4.79 Å². The Kier molecular flexibility index (Phi) is 14.3. The molecule has 2 aromatic carbocycles. The van der Waals surface area contributed by atoms with Gasteiger partial charge in [0.25, 0.3) is 5.91 Å². The molecule has 0 saturated heterocycles. The van der Waals surface area contributed by atoms with E-state index in [1.54, 1.807) is 0 Å². The van der Waals surface area contributed by atoms with Crippen molar-refractivity contribution in [2.75, 3.05) is 26.2 Å². The van der Waals surface area contributed by atoms with Crippen LogP contribution in [0.1, 0.15) is 17.5 Å². The molecule has 0 aromatic heterocycles. The highest BCUT2D eigenvalue weighted by atomic mass is 35.5. The Bertz CT molecular complexity index is 625. The van der Waals surface area contributed by atoms with Crippen molar-refractivity contribution >= 4 is 30.7 Å². The summed E-state index contributed by atoms with van der Waals surface area (Å²) < 4.78 is 5.39. The quantitative estimate of drug-likeness (QED) is 0.495. The molecule has 27 heavy (non-hydrogen) atoms. The van der Waals surface area contributed by atoms with E-state index in [0.717, 1.165) is 31.5 Å². The van der Waals surface area contributed by atoms with E-state index in [-0.39, 0.29) is 37.3 Å². The Hall–Kier alpha value is -1.79. The standard InChI is InChI=1S/C20H27N3O2.2ClH/c21-15-18-10-8-17(9-11-18)5-4-12-22-13-14-23-20(24)16-25-19-6-2-1-3-7-19;;/h1-3,6-11,22H,4-5,12-16,21H2,(H,23,24);2*1H. The lowest BCUT2D eigenvalue weighted by atomic mass is 10.1. The smallest absolute Gasteiger partial charge is 0.257 e. The third kappa shape index (κ3) is 10.8. The molecular formula is C20H29Cl2N3O2. The molecular weight excluding hydrogens is 385 g/mol. The second kappa shape index (κ2) is 15.3. The fraction of sp³-hybridized carbons (Fsp3) is 0.350.